The first kappa shape index (κ1) is 14.7. The third-order valence-electron chi connectivity index (χ3n) is 3.37. The average molecular weight is 282 g/mol. The summed E-state index contributed by atoms with van der Waals surface area (Å²) in [5.41, 5.74) is 5.79. The van der Waals surface area contributed by atoms with Crippen molar-refractivity contribution in [2.75, 3.05) is 55.0 Å². The van der Waals surface area contributed by atoms with Gasteiger partial charge in [0.2, 0.25) is 17.8 Å². The predicted octanol–water partition coefficient (Wildman–Crippen LogP) is -0.502. The predicted molar refractivity (Wildman–Crippen MR) is 76.8 cm³/mol. The van der Waals surface area contributed by atoms with Gasteiger partial charge in [-0.3, -0.25) is 0 Å². The minimum Gasteiger partial charge on any atom is -0.394 e. The number of nitrogens with zero attached hydrogens (tertiary/aromatic N) is 5. The van der Waals surface area contributed by atoms with Crippen LogP contribution < -0.4 is 15.5 Å². The molecule has 1 unspecified atom stereocenters. The summed E-state index contributed by atoms with van der Waals surface area (Å²) in [6.07, 6.45) is 0. The molecule has 0 amide bonds. The SMILES string of the molecule is CCN(CC)c1nc(N)nc(N2CCOCC2CO)n1. The van der Waals surface area contributed by atoms with Crippen molar-refractivity contribution in [3.8, 4) is 0 Å². The molecule has 0 aliphatic carbocycles. The summed E-state index contributed by atoms with van der Waals surface area (Å²) in [6, 6.07) is -0.143. The first-order chi connectivity index (χ1) is 9.69. The van der Waals surface area contributed by atoms with Crippen molar-refractivity contribution in [3.63, 3.8) is 0 Å². The summed E-state index contributed by atoms with van der Waals surface area (Å²) in [5, 5.41) is 9.43. The van der Waals surface area contributed by atoms with Crippen LogP contribution in [0.15, 0.2) is 0 Å². The molecular weight excluding hydrogens is 260 g/mol. The molecule has 1 aromatic heterocycles. The van der Waals surface area contributed by atoms with Gasteiger partial charge in [-0.2, -0.15) is 15.0 Å². The first-order valence-corrected chi connectivity index (χ1v) is 6.91. The third-order valence-corrected chi connectivity index (χ3v) is 3.37. The standard InChI is InChI=1S/C12H22N6O2/c1-3-17(4-2)11-14-10(13)15-12(16-11)18-5-6-20-8-9(18)7-19/h9,19H,3-8H2,1-2H3,(H2,13,14,15,16). The molecule has 2 rings (SSSR count). The molecule has 0 spiro atoms. The van der Waals surface area contributed by atoms with Gasteiger partial charge in [-0.05, 0) is 13.8 Å². The molecule has 20 heavy (non-hydrogen) atoms. The van der Waals surface area contributed by atoms with E-state index in [4.69, 9.17) is 10.5 Å². The molecule has 8 nitrogen and oxygen atoms in total. The number of aliphatic hydroxyl groups excluding tert-OH is 1. The summed E-state index contributed by atoms with van der Waals surface area (Å²) in [6.45, 7) is 7.34. The minimum atomic E-state index is -0.143. The van der Waals surface area contributed by atoms with Gasteiger partial charge >= 0.3 is 0 Å². The maximum absolute atomic E-state index is 9.43. The maximum Gasteiger partial charge on any atom is 0.232 e. The lowest BCUT2D eigenvalue weighted by Gasteiger charge is -2.34. The summed E-state index contributed by atoms with van der Waals surface area (Å²) in [4.78, 5) is 16.8. The molecule has 8 heteroatoms. The van der Waals surface area contributed by atoms with Crippen molar-refractivity contribution >= 4 is 17.8 Å². The van der Waals surface area contributed by atoms with Gasteiger partial charge < -0.3 is 25.4 Å². The van der Waals surface area contributed by atoms with Gasteiger partial charge in [-0.15, -0.1) is 0 Å². The molecule has 112 valence electrons. The molecule has 0 aromatic carbocycles. The topological polar surface area (TPSA) is 101 Å². The highest BCUT2D eigenvalue weighted by Crippen LogP contribution is 2.19. The highest BCUT2D eigenvalue weighted by molar-refractivity contribution is 5.44. The Morgan fingerprint density at radius 1 is 1.35 bits per heavy atom. The van der Waals surface area contributed by atoms with Gasteiger partial charge in [0.1, 0.15) is 0 Å². The summed E-state index contributed by atoms with van der Waals surface area (Å²) in [5.74, 6) is 1.27. The van der Waals surface area contributed by atoms with Crippen LogP contribution in [-0.2, 0) is 4.74 Å². The van der Waals surface area contributed by atoms with Crippen LogP contribution in [0.2, 0.25) is 0 Å². The van der Waals surface area contributed by atoms with E-state index in [9.17, 15) is 5.11 Å². The van der Waals surface area contributed by atoms with Crippen LogP contribution in [0.5, 0.6) is 0 Å². The van der Waals surface area contributed by atoms with Crippen LogP contribution >= 0.6 is 0 Å². The number of anilines is 3. The molecule has 1 aromatic rings. The molecule has 0 bridgehead atoms. The van der Waals surface area contributed by atoms with Gasteiger partial charge in [0.25, 0.3) is 0 Å². The lowest BCUT2D eigenvalue weighted by Crippen LogP contribution is -2.48. The zero-order chi connectivity index (χ0) is 14.5. The molecule has 2 heterocycles. The van der Waals surface area contributed by atoms with E-state index in [1.54, 1.807) is 0 Å². The molecule has 3 N–H and O–H groups in total. The number of aromatic nitrogens is 3. The van der Waals surface area contributed by atoms with Gasteiger partial charge in [0.15, 0.2) is 0 Å². The Morgan fingerprint density at radius 2 is 2.10 bits per heavy atom. The highest BCUT2D eigenvalue weighted by atomic mass is 16.5. The molecule has 1 aliphatic heterocycles. The Hall–Kier alpha value is -1.67. The highest BCUT2D eigenvalue weighted by Gasteiger charge is 2.25. The van der Waals surface area contributed by atoms with E-state index in [0.29, 0.717) is 31.7 Å². The van der Waals surface area contributed by atoms with Crippen LogP contribution in [0.4, 0.5) is 17.8 Å². The van der Waals surface area contributed by atoms with Crippen LogP contribution in [0.25, 0.3) is 0 Å². The lowest BCUT2D eigenvalue weighted by atomic mass is 10.2. The second kappa shape index (κ2) is 6.67. The maximum atomic E-state index is 9.43. The Labute approximate surface area is 118 Å². The largest absolute Gasteiger partial charge is 0.394 e. The van der Waals surface area contributed by atoms with Gasteiger partial charge in [0.05, 0.1) is 25.9 Å². The number of aliphatic hydroxyl groups is 1. The molecule has 1 atom stereocenters. The number of hydrogen-bond acceptors (Lipinski definition) is 8. The van der Waals surface area contributed by atoms with Crippen LogP contribution in [0, 0.1) is 0 Å². The molecule has 1 fully saturated rings. The number of nitrogens with two attached hydrogens (primary N) is 1. The van der Waals surface area contributed by atoms with E-state index in [1.807, 2.05) is 23.6 Å². The van der Waals surface area contributed by atoms with Crippen LogP contribution in [-0.4, -0.2) is 65.6 Å². The molecule has 1 aliphatic rings. The minimum absolute atomic E-state index is 0.00775. The summed E-state index contributed by atoms with van der Waals surface area (Å²) in [7, 11) is 0. The van der Waals surface area contributed by atoms with E-state index in [2.05, 4.69) is 15.0 Å². The Morgan fingerprint density at radius 3 is 2.75 bits per heavy atom. The monoisotopic (exact) mass is 282 g/mol. The normalized spacial score (nSPS) is 19.1. The van der Waals surface area contributed by atoms with E-state index in [0.717, 1.165) is 13.1 Å². The van der Waals surface area contributed by atoms with Crippen molar-refractivity contribution in [1.29, 1.82) is 0 Å². The molecule has 0 radical (unpaired) electrons. The number of rotatable bonds is 5. The summed E-state index contributed by atoms with van der Waals surface area (Å²) >= 11 is 0. The smallest absolute Gasteiger partial charge is 0.232 e. The zero-order valence-corrected chi connectivity index (χ0v) is 12.0. The van der Waals surface area contributed by atoms with E-state index in [-0.39, 0.29) is 18.6 Å². The van der Waals surface area contributed by atoms with Crippen molar-refractivity contribution < 1.29 is 9.84 Å². The van der Waals surface area contributed by atoms with Crippen LogP contribution in [0.1, 0.15) is 13.8 Å². The fraction of sp³-hybridized carbons (Fsp3) is 0.750. The number of nitrogen functional groups attached to an aromatic ring is 1. The van der Waals surface area contributed by atoms with Gasteiger partial charge in [0, 0.05) is 19.6 Å². The van der Waals surface area contributed by atoms with Crippen LogP contribution in [0.3, 0.4) is 0 Å². The Bertz CT molecular complexity index is 440. The van der Waals surface area contributed by atoms with Crippen molar-refractivity contribution in [3.05, 3.63) is 0 Å². The van der Waals surface area contributed by atoms with E-state index >= 15 is 0 Å². The molecular formula is C12H22N6O2. The average Bonchev–Trinajstić information content (AvgIpc) is 2.48. The fourth-order valence-corrected chi connectivity index (χ4v) is 2.22. The van der Waals surface area contributed by atoms with E-state index in [1.165, 1.54) is 0 Å². The van der Waals surface area contributed by atoms with Crippen molar-refractivity contribution in [2.45, 2.75) is 19.9 Å². The third kappa shape index (κ3) is 3.07. The van der Waals surface area contributed by atoms with E-state index < -0.39 is 0 Å². The second-order valence-corrected chi connectivity index (χ2v) is 4.57. The Balaban J connectivity index is 2.30. The quantitative estimate of drug-likeness (QED) is 0.745. The number of hydrogen-bond donors (Lipinski definition) is 2. The van der Waals surface area contributed by atoms with Gasteiger partial charge in [-0.1, -0.05) is 0 Å². The molecule has 1 saturated heterocycles. The zero-order valence-electron chi connectivity index (χ0n) is 12.0. The summed E-state index contributed by atoms with van der Waals surface area (Å²) < 4.78 is 5.36. The lowest BCUT2D eigenvalue weighted by molar-refractivity contribution is 0.0718. The number of morpholine rings is 1. The van der Waals surface area contributed by atoms with Gasteiger partial charge in [-0.25, -0.2) is 0 Å². The first-order valence-electron chi connectivity index (χ1n) is 6.91. The number of ether oxygens (including phenoxy) is 1. The Kier molecular flexibility index (Phi) is 4.91. The van der Waals surface area contributed by atoms with Crippen molar-refractivity contribution in [2.24, 2.45) is 0 Å². The fourth-order valence-electron chi connectivity index (χ4n) is 2.22. The second-order valence-electron chi connectivity index (χ2n) is 4.57. The van der Waals surface area contributed by atoms with Crippen molar-refractivity contribution in [1.82, 2.24) is 15.0 Å². The molecule has 0 saturated carbocycles.